The SMILES string of the molecule is CNc1ccc(N2CCC3(CCN(C)CC3)CC2)cc1. The van der Waals surface area contributed by atoms with Crippen LogP contribution in [-0.4, -0.2) is 45.2 Å². The molecule has 1 aromatic rings. The first-order valence-corrected chi connectivity index (χ1v) is 7.92. The lowest BCUT2D eigenvalue weighted by atomic mass is 9.71. The van der Waals surface area contributed by atoms with Crippen molar-refractivity contribution >= 4 is 11.4 Å². The van der Waals surface area contributed by atoms with Crippen LogP contribution in [0.3, 0.4) is 0 Å². The van der Waals surface area contributed by atoms with Crippen LogP contribution in [-0.2, 0) is 0 Å². The number of rotatable bonds is 2. The van der Waals surface area contributed by atoms with E-state index in [0.717, 1.165) is 0 Å². The average Bonchev–Trinajstić information content (AvgIpc) is 2.52. The second-order valence-electron chi connectivity index (χ2n) is 6.59. The topological polar surface area (TPSA) is 18.5 Å². The molecule has 20 heavy (non-hydrogen) atoms. The maximum absolute atomic E-state index is 3.18. The van der Waals surface area contributed by atoms with E-state index in [1.807, 2.05) is 7.05 Å². The van der Waals surface area contributed by atoms with Crippen LogP contribution < -0.4 is 10.2 Å². The molecule has 1 aromatic carbocycles. The number of anilines is 2. The van der Waals surface area contributed by atoms with Crippen molar-refractivity contribution in [3.05, 3.63) is 24.3 Å². The van der Waals surface area contributed by atoms with Gasteiger partial charge in [-0.05, 0) is 75.5 Å². The Labute approximate surface area is 123 Å². The van der Waals surface area contributed by atoms with E-state index < -0.39 is 0 Å². The molecule has 3 nitrogen and oxygen atoms in total. The molecule has 0 radical (unpaired) electrons. The Hall–Kier alpha value is -1.22. The van der Waals surface area contributed by atoms with Gasteiger partial charge in [0.25, 0.3) is 0 Å². The van der Waals surface area contributed by atoms with E-state index in [9.17, 15) is 0 Å². The van der Waals surface area contributed by atoms with E-state index in [2.05, 4.69) is 46.4 Å². The first kappa shape index (κ1) is 13.7. The van der Waals surface area contributed by atoms with Gasteiger partial charge in [0.15, 0.2) is 0 Å². The third kappa shape index (κ3) is 2.78. The molecular formula is C17H27N3. The summed E-state index contributed by atoms with van der Waals surface area (Å²) in [6, 6.07) is 8.85. The minimum Gasteiger partial charge on any atom is -0.388 e. The predicted octanol–water partition coefficient (Wildman–Crippen LogP) is 3.04. The fourth-order valence-corrected chi connectivity index (χ4v) is 3.67. The highest BCUT2D eigenvalue weighted by Gasteiger charge is 2.36. The molecule has 2 fully saturated rings. The molecule has 0 atom stereocenters. The third-order valence-corrected chi connectivity index (χ3v) is 5.39. The maximum Gasteiger partial charge on any atom is 0.0367 e. The molecule has 2 heterocycles. The fourth-order valence-electron chi connectivity index (χ4n) is 3.67. The Morgan fingerprint density at radius 2 is 1.45 bits per heavy atom. The Morgan fingerprint density at radius 3 is 2.00 bits per heavy atom. The highest BCUT2D eigenvalue weighted by atomic mass is 15.1. The molecule has 0 saturated carbocycles. The van der Waals surface area contributed by atoms with Crippen molar-refractivity contribution < 1.29 is 0 Å². The number of nitrogens with one attached hydrogen (secondary N) is 1. The van der Waals surface area contributed by atoms with Crippen molar-refractivity contribution in [1.29, 1.82) is 0 Å². The van der Waals surface area contributed by atoms with Crippen molar-refractivity contribution in [1.82, 2.24) is 4.90 Å². The summed E-state index contributed by atoms with van der Waals surface area (Å²) in [7, 11) is 4.23. The lowest BCUT2D eigenvalue weighted by molar-refractivity contribution is 0.0945. The molecule has 2 saturated heterocycles. The number of likely N-dealkylation sites (tertiary alicyclic amines) is 1. The van der Waals surface area contributed by atoms with Gasteiger partial charge < -0.3 is 15.1 Å². The largest absolute Gasteiger partial charge is 0.388 e. The van der Waals surface area contributed by atoms with Gasteiger partial charge in [-0.2, -0.15) is 0 Å². The molecule has 0 aliphatic carbocycles. The lowest BCUT2D eigenvalue weighted by Crippen LogP contribution is -2.46. The minimum atomic E-state index is 0.647. The molecule has 0 amide bonds. The fraction of sp³-hybridized carbons (Fsp3) is 0.647. The molecule has 3 rings (SSSR count). The van der Waals surface area contributed by atoms with Crippen LogP contribution in [0.1, 0.15) is 25.7 Å². The molecule has 1 N–H and O–H groups in total. The molecule has 2 aliphatic rings. The van der Waals surface area contributed by atoms with Gasteiger partial charge >= 0.3 is 0 Å². The van der Waals surface area contributed by atoms with E-state index in [4.69, 9.17) is 0 Å². The van der Waals surface area contributed by atoms with E-state index in [0.29, 0.717) is 5.41 Å². The minimum absolute atomic E-state index is 0.647. The Kier molecular flexibility index (Phi) is 3.88. The summed E-state index contributed by atoms with van der Waals surface area (Å²) in [4.78, 5) is 5.04. The molecule has 0 unspecified atom stereocenters. The van der Waals surface area contributed by atoms with Gasteiger partial charge in [0.05, 0.1) is 0 Å². The van der Waals surface area contributed by atoms with Crippen molar-refractivity contribution in [2.24, 2.45) is 5.41 Å². The summed E-state index contributed by atoms with van der Waals surface area (Å²) in [5, 5.41) is 3.18. The van der Waals surface area contributed by atoms with Crippen LogP contribution in [0, 0.1) is 5.41 Å². The summed E-state index contributed by atoms with van der Waals surface area (Å²) < 4.78 is 0. The highest BCUT2D eigenvalue weighted by Crippen LogP contribution is 2.41. The van der Waals surface area contributed by atoms with E-state index in [1.54, 1.807) is 0 Å². The third-order valence-electron chi connectivity index (χ3n) is 5.39. The number of hydrogen-bond donors (Lipinski definition) is 1. The van der Waals surface area contributed by atoms with Crippen LogP contribution in [0.5, 0.6) is 0 Å². The van der Waals surface area contributed by atoms with E-state index in [-0.39, 0.29) is 0 Å². The standard InChI is InChI=1S/C17H27N3/c1-18-15-3-5-16(6-4-15)20-13-9-17(10-14-20)7-11-19(2)12-8-17/h3-6,18H,7-14H2,1-2H3. The molecule has 3 heteroatoms. The normalized spacial score (nSPS) is 23.0. The van der Waals surface area contributed by atoms with Gasteiger partial charge in [-0.1, -0.05) is 0 Å². The predicted molar refractivity (Wildman–Crippen MR) is 86.6 cm³/mol. The van der Waals surface area contributed by atoms with Gasteiger partial charge in [-0.25, -0.2) is 0 Å². The van der Waals surface area contributed by atoms with Crippen LogP contribution in [0.15, 0.2) is 24.3 Å². The summed E-state index contributed by atoms with van der Waals surface area (Å²) >= 11 is 0. The Morgan fingerprint density at radius 1 is 0.900 bits per heavy atom. The van der Waals surface area contributed by atoms with Gasteiger partial charge in [-0.15, -0.1) is 0 Å². The smallest absolute Gasteiger partial charge is 0.0367 e. The van der Waals surface area contributed by atoms with E-state index >= 15 is 0 Å². The summed E-state index contributed by atoms with van der Waals surface area (Å²) in [6.07, 6.45) is 5.54. The van der Waals surface area contributed by atoms with Gasteiger partial charge in [0.1, 0.15) is 0 Å². The molecular weight excluding hydrogens is 246 g/mol. The zero-order chi connectivity index (χ0) is 14.0. The molecule has 1 spiro atoms. The van der Waals surface area contributed by atoms with Gasteiger partial charge in [-0.3, -0.25) is 0 Å². The monoisotopic (exact) mass is 273 g/mol. The number of piperidine rings is 2. The summed E-state index contributed by atoms with van der Waals surface area (Å²) in [5.74, 6) is 0. The second-order valence-corrected chi connectivity index (χ2v) is 6.59. The quantitative estimate of drug-likeness (QED) is 0.893. The van der Waals surface area contributed by atoms with Crippen LogP contribution in [0.4, 0.5) is 11.4 Å². The number of hydrogen-bond acceptors (Lipinski definition) is 3. The summed E-state index contributed by atoms with van der Waals surface area (Å²) in [6.45, 7) is 5.03. The number of benzene rings is 1. The Balaban J connectivity index is 1.60. The van der Waals surface area contributed by atoms with Gasteiger partial charge in [0.2, 0.25) is 0 Å². The van der Waals surface area contributed by atoms with Crippen molar-refractivity contribution in [3.8, 4) is 0 Å². The first-order chi connectivity index (χ1) is 9.71. The molecule has 2 aliphatic heterocycles. The second kappa shape index (κ2) is 5.65. The lowest BCUT2D eigenvalue weighted by Gasteiger charge is -2.46. The number of nitrogens with zero attached hydrogens (tertiary/aromatic N) is 2. The molecule has 0 bridgehead atoms. The van der Waals surface area contributed by atoms with Crippen molar-refractivity contribution in [2.45, 2.75) is 25.7 Å². The molecule has 110 valence electrons. The molecule has 0 aromatic heterocycles. The van der Waals surface area contributed by atoms with Crippen LogP contribution in [0.25, 0.3) is 0 Å². The van der Waals surface area contributed by atoms with Crippen LogP contribution in [0.2, 0.25) is 0 Å². The average molecular weight is 273 g/mol. The first-order valence-electron chi connectivity index (χ1n) is 7.92. The Bertz CT molecular complexity index is 422. The zero-order valence-electron chi connectivity index (χ0n) is 12.9. The van der Waals surface area contributed by atoms with E-state index in [1.165, 1.54) is 63.2 Å². The van der Waals surface area contributed by atoms with Gasteiger partial charge in [0, 0.05) is 31.5 Å². The summed E-state index contributed by atoms with van der Waals surface area (Å²) in [5.41, 5.74) is 3.22. The van der Waals surface area contributed by atoms with Crippen molar-refractivity contribution in [2.75, 3.05) is 50.5 Å². The highest BCUT2D eigenvalue weighted by molar-refractivity contribution is 5.55. The maximum atomic E-state index is 3.18. The zero-order valence-corrected chi connectivity index (χ0v) is 12.9. The van der Waals surface area contributed by atoms with Crippen LogP contribution >= 0.6 is 0 Å². The van der Waals surface area contributed by atoms with Crippen molar-refractivity contribution in [3.63, 3.8) is 0 Å².